The van der Waals surface area contributed by atoms with Crippen molar-refractivity contribution in [1.29, 1.82) is 0 Å². The van der Waals surface area contributed by atoms with Crippen molar-refractivity contribution in [2.75, 3.05) is 30.4 Å². The Balaban J connectivity index is 1.73. The number of sulfonamides is 1. The van der Waals surface area contributed by atoms with Crippen LogP contribution in [0.15, 0.2) is 53.7 Å². The minimum Gasteiger partial charge on any atom is -0.385 e. The van der Waals surface area contributed by atoms with Gasteiger partial charge < -0.3 is 9.30 Å². The lowest BCUT2D eigenvalue weighted by atomic mass is 10.1. The van der Waals surface area contributed by atoms with Gasteiger partial charge in [-0.3, -0.25) is 9.52 Å². The van der Waals surface area contributed by atoms with Crippen molar-refractivity contribution >= 4 is 44.9 Å². The monoisotopic (exact) mass is 494 g/mol. The van der Waals surface area contributed by atoms with Crippen LogP contribution in [0.4, 0.5) is 5.69 Å². The Morgan fingerprint density at radius 2 is 1.81 bits per heavy atom. The topological polar surface area (TPSA) is 103 Å². The number of hydrogen-bond acceptors (Lipinski definition) is 7. The van der Waals surface area contributed by atoms with E-state index in [9.17, 15) is 13.2 Å². The molecule has 0 fully saturated rings. The molecule has 3 aromatic rings. The number of benzene rings is 2. The number of anilines is 1. The summed E-state index contributed by atoms with van der Waals surface area (Å²) < 4.78 is 32.1. The minimum atomic E-state index is -3.37. The third-order valence-corrected chi connectivity index (χ3v) is 6.22. The molecule has 0 saturated carbocycles. The van der Waals surface area contributed by atoms with Gasteiger partial charge in [0.1, 0.15) is 0 Å². The number of rotatable bonds is 11. The number of carbonyl (C=O) groups is 1. The Kier molecular flexibility index (Phi) is 8.30. The van der Waals surface area contributed by atoms with Gasteiger partial charge in [0.05, 0.1) is 12.0 Å². The molecule has 0 spiro atoms. The smallest absolute Gasteiger partial charge is 0.229 e. The number of thioether (sulfide) groups is 1. The number of aromatic nitrogens is 3. The molecule has 170 valence electrons. The summed E-state index contributed by atoms with van der Waals surface area (Å²) in [6.45, 7) is 1.23. The first-order chi connectivity index (χ1) is 15.3. The van der Waals surface area contributed by atoms with Crippen LogP contribution in [0.25, 0.3) is 11.4 Å². The van der Waals surface area contributed by atoms with Crippen LogP contribution in [0.2, 0.25) is 5.02 Å². The zero-order valence-electron chi connectivity index (χ0n) is 17.6. The molecule has 0 amide bonds. The molecule has 8 nitrogen and oxygen atoms in total. The molecule has 0 aliphatic heterocycles. The van der Waals surface area contributed by atoms with Crippen molar-refractivity contribution in [3.8, 4) is 11.4 Å². The minimum absolute atomic E-state index is 0.0969. The van der Waals surface area contributed by atoms with Crippen LogP contribution in [-0.2, 0) is 21.3 Å². The van der Waals surface area contributed by atoms with Crippen LogP contribution < -0.4 is 4.72 Å². The number of ketones is 1. The molecule has 11 heteroatoms. The maximum Gasteiger partial charge on any atom is 0.229 e. The van der Waals surface area contributed by atoms with E-state index >= 15 is 0 Å². The average Bonchev–Trinajstić information content (AvgIpc) is 3.15. The fourth-order valence-electron chi connectivity index (χ4n) is 2.93. The van der Waals surface area contributed by atoms with Crippen LogP contribution in [0.5, 0.6) is 0 Å². The summed E-state index contributed by atoms with van der Waals surface area (Å²) in [6, 6.07) is 13.7. The Hall–Kier alpha value is -2.40. The van der Waals surface area contributed by atoms with E-state index < -0.39 is 10.0 Å². The highest BCUT2D eigenvalue weighted by Crippen LogP contribution is 2.26. The Morgan fingerprint density at radius 1 is 1.12 bits per heavy atom. The summed E-state index contributed by atoms with van der Waals surface area (Å²) in [5.41, 5.74) is 1.77. The van der Waals surface area contributed by atoms with E-state index in [1.165, 1.54) is 11.8 Å². The summed E-state index contributed by atoms with van der Waals surface area (Å²) in [5.74, 6) is 0.770. The number of nitrogens with zero attached hydrogens (tertiary/aromatic N) is 3. The molecule has 0 atom stereocenters. The van der Waals surface area contributed by atoms with E-state index in [2.05, 4.69) is 14.9 Å². The fourth-order valence-corrected chi connectivity index (χ4v) is 4.48. The van der Waals surface area contributed by atoms with E-state index in [1.807, 2.05) is 16.7 Å². The second-order valence-electron chi connectivity index (χ2n) is 6.97. The molecule has 0 saturated heterocycles. The highest BCUT2D eigenvalue weighted by Gasteiger charge is 2.16. The number of halogens is 1. The molecular weight excluding hydrogens is 472 g/mol. The third-order valence-electron chi connectivity index (χ3n) is 4.39. The zero-order valence-corrected chi connectivity index (χ0v) is 20.0. The quantitative estimate of drug-likeness (QED) is 0.244. The van der Waals surface area contributed by atoms with E-state index in [0.29, 0.717) is 40.4 Å². The SMILES string of the molecule is COCCCn1c(SCC(=O)c2ccc(NS(C)(=O)=O)cc2)nnc1-c1ccc(Cl)cc1. The molecule has 1 N–H and O–H groups in total. The first-order valence-corrected chi connectivity index (χ1v) is 12.9. The van der Waals surface area contributed by atoms with Crippen LogP contribution in [-0.4, -0.2) is 54.7 Å². The molecule has 32 heavy (non-hydrogen) atoms. The summed E-state index contributed by atoms with van der Waals surface area (Å²) in [6.07, 6.45) is 1.84. The van der Waals surface area contributed by atoms with Gasteiger partial charge in [-0.25, -0.2) is 8.42 Å². The normalized spacial score (nSPS) is 11.5. The summed E-state index contributed by atoms with van der Waals surface area (Å²) in [7, 11) is -1.72. The molecule has 0 bridgehead atoms. The largest absolute Gasteiger partial charge is 0.385 e. The third kappa shape index (κ3) is 6.80. The van der Waals surface area contributed by atoms with Crippen LogP contribution in [0.3, 0.4) is 0 Å². The number of ether oxygens (including phenoxy) is 1. The maximum absolute atomic E-state index is 12.6. The van der Waals surface area contributed by atoms with Gasteiger partial charge in [-0.05, 0) is 55.0 Å². The van der Waals surface area contributed by atoms with Crippen molar-refractivity contribution in [2.24, 2.45) is 0 Å². The van der Waals surface area contributed by atoms with Crippen LogP contribution in [0.1, 0.15) is 16.8 Å². The molecular formula is C21H23ClN4O4S2. The van der Waals surface area contributed by atoms with Crippen molar-refractivity contribution in [3.63, 3.8) is 0 Å². The van der Waals surface area contributed by atoms with Gasteiger partial charge in [-0.15, -0.1) is 10.2 Å². The number of carbonyl (C=O) groups excluding carboxylic acids is 1. The number of methoxy groups -OCH3 is 1. The molecule has 1 heterocycles. The van der Waals surface area contributed by atoms with Crippen LogP contribution in [0, 0.1) is 0 Å². The standard InChI is InChI=1S/C21H23ClN4O4S2/c1-30-13-3-12-26-20(16-4-8-17(22)9-5-16)23-24-21(26)31-14-19(27)15-6-10-18(11-7-15)25-32(2,28)29/h4-11,25H,3,12-14H2,1-2H3. The predicted octanol–water partition coefficient (Wildman–Crippen LogP) is 3.98. The van der Waals surface area contributed by atoms with Gasteiger partial charge in [-0.2, -0.15) is 0 Å². The van der Waals surface area contributed by atoms with E-state index in [0.717, 1.165) is 18.2 Å². The summed E-state index contributed by atoms with van der Waals surface area (Å²) >= 11 is 7.30. The lowest BCUT2D eigenvalue weighted by Crippen LogP contribution is -2.10. The van der Waals surface area contributed by atoms with E-state index in [-0.39, 0.29) is 11.5 Å². The fraction of sp³-hybridized carbons (Fsp3) is 0.286. The molecule has 1 aromatic heterocycles. The van der Waals surface area contributed by atoms with Crippen molar-refractivity contribution in [1.82, 2.24) is 14.8 Å². The molecule has 0 aliphatic carbocycles. The highest BCUT2D eigenvalue weighted by molar-refractivity contribution is 7.99. The number of nitrogens with one attached hydrogen (secondary N) is 1. The van der Waals surface area contributed by atoms with Crippen molar-refractivity contribution in [3.05, 3.63) is 59.1 Å². The molecule has 2 aromatic carbocycles. The van der Waals surface area contributed by atoms with Crippen LogP contribution >= 0.6 is 23.4 Å². The maximum atomic E-state index is 12.6. The van der Waals surface area contributed by atoms with Gasteiger partial charge >= 0.3 is 0 Å². The van der Waals surface area contributed by atoms with Gasteiger partial charge in [-0.1, -0.05) is 23.4 Å². The Morgan fingerprint density at radius 3 is 2.44 bits per heavy atom. The van der Waals surface area contributed by atoms with E-state index in [1.54, 1.807) is 43.5 Å². The molecule has 0 radical (unpaired) electrons. The first-order valence-electron chi connectivity index (χ1n) is 9.69. The van der Waals surface area contributed by atoms with Gasteiger partial charge in [0, 0.05) is 42.1 Å². The van der Waals surface area contributed by atoms with Crippen molar-refractivity contribution < 1.29 is 17.9 Å². The lowest BCUT2D eigenvalue weighted by molar-refractivity contribution is 0.102. The highest BCUT2D eigenvalue weighted by atomic mass is 35.5. The van der Waals surface area contributed by atoms with E-state index in [4.69, 9.17) is 16.3 Å². The zero-order chi connectivity index (χ0) is 23.1. The number of hydrogen-bond donors (Lipinski definition) is 1. The molecule has 3 rings (SSSR count). The molecule has 0 unspecified atom stereocenters. The first kappa shape index (κ1) is 24.2. The van der Waals surface area contributed by atoms with Gasteiger partial charge in [0.25, 0.3) is 0 Å². The molecule has 0 aliphatic rings. The Bertz CT molecular complexity index is 1160. The summed E-state index contributed by atoms with van der Waals surface area (Å²) in [5, 5.41) is 9.88. The van der Waals surface area contributed by atoms with Crippen molar-refractivity contribution in [2.45, 2.75) is 18.1 Å². The number of Topliss-reactive ketones (excluding diaryl/α,β-unsaturated/α-hetero) is 1. The predicted molar refractivity (Wildman–Crippen MR) is 127 cm³/mol. The average molecular weight is 495 g/mol. The van der Waals surface area contributed by atoms with Gasteiger partial charge in [0.15, 0.2) is 16.8 Å². The van der Waals surface area contributed by atoms with Gasteiger partial charge in [0.2, 0.25) is 10.0 Å². The summed E-state index contributed by atoms with van der Waals surface area (Å²) in [4.78, 5) is 12.6. The second kappa shape index (κ2) is 11.0. The lowest BCUT2D eigenvalue weighted by Gasteiger charge is -2.10. The Labute approximate surface area is 196 Å². The second-order valence-corrected chi connectivity index (χ2v) is 10.1.